The van der Waals surface area contributed by atoms with Gasteiger partial charge in [-0.3, -0.25) is 9.48 Å². The number of nitrogens with zero attached hydrogens (tertiary/aromatic N) is 2. The molecule has 0 saturated heterocycles. The van der Waals surface area contributed by atoms with Crippen LogP contribution in [0.15, 0.2) is 6.20 Å². The van der Waals surface area contributed by atoms with Crippen LogP contribution in [0.4, 0.5) is 0 Å². The Labute approximate surface area is 82.9 Å². The van der Waals surface area contributed by atoms with E-state index in [1.807, 2.05) is 11.7 Å². The number of rotatable bonds is 1. The number of ether oxygens (including phenoxy) is 1. The quantitative estimate of drug-likeness (QED) is 0.627. The number of esters is 1. The fourth-order valence-corrected chi connectivity index (χ4v) is 2.09. The third kappa shape index (κ3) is 1.31. The minimum atomic E-state index is -0.140. The number of hydrogen-bond acceptors (Lipinski definition) is 3. The van der Waals surface area contributed by atoms with Gasteiger partial charge in [0.15, 0.2) is 0 Å². The largest absolute Gasteiger partial charge is 0.469 e. The van der Waals surface area contributed by atoms with Crippen LogP contribution in [0, 0.1) is 0 Å². The highest BCUT2D eigenvalue weighted by Crippen LogP contribution is 2.31. The second kappa shape index (κ2) is 3.44. The number of aryl methyl sites for hydroxylation is 1. The molecule has 1 aliphatic carbocycles. The molecular formula is C10H14N2O2. The van der Waals surface area contributed by atoms with Crippen molar-refractivity contribution < 1.29 is 9.53 Å². The van der Waals surface area contributed by atoms with Crippen LogP contribution in [-0.4, -0.2) is 22.9 Å². The average molecular weight is 194 g/mol. The summed E-state index contributed by atoms with van der Waals surface area (Å²) in [6, 6.07) is 0. The fraction of sp³-hybridized carbons (Fsp3) is 0.600. The minimum absolute atomic E-state index is 0.0996. The van der Waals surface area contributed by atoms with Crippen LogP contribution in [0.3, 0.4) is 0 Å². The third-order valence-electron chi connectivity index (χ3n) is 2.86. The summed E-state index contributed by atoms with van der Waals surface area (Å²) in [4.78, 5) is 11.5. The van der Waals surface area contributed by atoms with Crippen LogP contribution < -0.4 is 0 Å². The van der Waals surface area contributed by atoms with Gasteiger partial charge in [-0.1, -0.05) is 0 Å². The molecule has 1 aromatic rings. The van der Waals surface area contributed by atoms with E-state index in [4.69, 9.17) is 4.74 Å². The van der Waals surface area contributed by atoms with Crippen LogP contribution in [0.25, 0.3) is 0 Å². The highest BCUT2D eigenvalue weighted by Gasteiger charge is 2.29. The first-order valence-corrected chi connectivity index (χ1v) is 4.82. The summed E-state index contributed by atoms with van der Waals surface area (Å²) in [6.07, 6.45) is 4.72. The van der Waals surface area contributed by atoms with Crippen LogP contribution in [0.1, 0.15) is 30.0 Å². The van der Waals surface area contributed by atoms with Gasteiger partial charge in [0.2, 0.25) is 0 Å². The Morgan fingerprint density at radius 1 is 1.71 bits per heavy atom. The molecule has 4 nitrogen and oxygen atoms in total. The van der Waals surface area contributed by atoms with Crippen LogP contribution in [0.5, 0.6) is 0 Å². The molecule has 4 heteroatoms. The van der Waals surface area contributed by atoms with E-state index >= 15 is 0 Å². The van der Waals surface area contributed by atoms with Gasteiger partial charge in [0.05, 0.1) is 19.2 Å². The fourth-order valence-electron chi connectivity index (χ4n) is 2.09. The second-order valence-corrected chi connectivity index (χ2v) is 3.64. The van der Waals surface area contributed by atoms with Gasteiger partial charge < -0.3 is 4.74 Å². The van der Waals surface area contributed by atoms with Crippen molar-refractivity contribution in [3.05, 3.63) is 17.5 Å². The lowest BCUT2D eigenvalue weighted by Crippen LogP contribution is -2.19. The van der Waals surface area contributed by atoms with Gasteiger partial charge in [-0.15, -0.1) is 0 Å². The number of methoxy groups -OCH3 is 1. The SMILES string of the molecule is COC(=O)[C@@H]1CCCc2c1cnn2C. The maximum Gasteiger partial charge on any atom is 0.313 e. The Hall–Kier alpha value is -1.32. The lowest BCUT2D eigenvalue weighted by Gasteiger charge is -2.20. The molecule has 0 radical (unpaired) electrons. The van der Waals surface area contributed by atoms with Gasteiger partial charge in [-0.2, -0.15) is 5.10 Å². The molecule has 0 N–H and O–H groups in total. The predicted molar refractivity (Wildman–Crippen MR) is 50.9 cm³/mol. The lowest BCUT2D eigenvalue weighted by molar-refractivity contribution is -0.142. The molecular weight excluding hydrogens is 180 g/mol. The first-order chi connectivity index (χ1) is 6.74. The topological polar surface area (TPSA) is 44.1 Å². The summed E-state index contributed by atoms with van der Waals surface area (Å²) in [5.74, 6) is -0.239. The summed E-state index contributed by atoms with van der Waals surface area (Å²) >= 11 is 0. The smallest absolute Gasteiger partial charge is 0.313 e. The van der Waals surface area contributed by atoms with Gasteiger partial charge in [-0.25, -0.2) is 0 Å². The Kier molecular flexibility index (Phi) is 2.27. The Morgan fingerprint density at radius 3 is 3.21 bits per heavy atom. The Balaban J connectivity index is 2.36. The average Bonchev–Trinajstić information content (AvgIpc) is 2.59. The number of carbonyl (C=O) groups is 1. The Morgan fingerprint density at radius 2 is 2.50 bits per heavy atom. The molecule has 0 saturated carbocycles. The van der Waals surface area contributed by atoms with Gasteiger partial charge in [-0.05, 0) is 19.3 Å². The van der Waals surface area contributed by atoms with Crippen molar-refractivity contribution in [3.8, 4) is 0 Å². The molecule has 1 atom stereocenters. The molecule has 0 amide bonds. The molecule has 0 aliphatic heterocycles. The molecule has 1 aliphatic rings. The summed E-state index contributed by atoms with van der Waals surface area (Å²) in [5.41, 5.74) is 2.22. The van der Waals surface area contributed by atoms with E-state index in [2.05, 4.69) is 5.10 Å². The van der Waals surface area contributed by atoms with Crippen LogP contribution >= 0.6 is 0 Å². The molecule has 0 spiro atoms. The van der Waals surface area contributed by atoms with Gasteiger partial charge in [0.25, 0.3) is 0 Å². The summed E-state index contributed by atoms with van der Waals surface area (Å²) < 4.78 is 6.63. The van der Waals surface area contributed by atoms with Crippen molar-refractivity contribution >= 4 is 5.97 Å². The van der Waals surface area contributed by atoms with Crippen LogP contribution in [-0.2, 0) is 23.0 Å². The van der Waals surface area contributed by atoms with Crippen molar-refractivity contribution in [2.45, 2.75) is 25.2 Å². The zero-order chi connectivity index (χ0) is 10.1. The molecule has 76 valence electrons. The monoisotopic (exact) mass is 194 g/mol. The number of carbonyl (C=O) groups excluding carboxylic acids is 1. The van der Waals surface area contributed by atoms with E-state index in [1.165, 1.54) is 12.8 Å². The van der Waals surface area contributed by atoms with E-state index in [0.29, 0.717) is 0 Å². The van der Waals surface area contributed by atoms with Gasteiger partial charge in [0.1, 0.15) is 0 Å². The third-order valence-corrected chi connectivity index (χ3v) is 2.86. The van der Waals surface area contributed by atoms with Gasteiger partial charge in [0, 0.05) is 18.3 Å². The molecule has 0 unspecified atom stereocenters. The molecule has 1 heterocycles. The number of hydrogen-bond donors (Lipinski definition) is 0. The summed E-state index contributed by atoms with van der Waals surface area (Å²) in [7, 11) is 3.35. The van der Waals surface area contributed by atoms with Crippen molar-refractivity contribution in [1.29, 1.82) is 0 Å². The minimum Gasteiger partial charge on any atom is -0.469 e. The zero-order valence-electron chi connectivity index (χ0n) is 8.49. The van der Waals surface area contributed by atoms with Crippen molar-refractivity contribution in [1.82, 2.24) is 9.78 Å². The first kappa shape index (κ1) is 9.24. The molecule has 1 aromatic heterocycles. The molecule has 14 heavy (non-hydrogen) atoms. The van der Waals surface area contributed by atoms with E-state index < -0.39 is 0 Å². The van der Waals surface area contributed by atoms with E-state index in [-0.39, 0.29) is 11.9 Å². The normalized spacial score (nSPS) is 20.3. The highest BCUT2D eigenvalue weighted by atomic mass is 16.5. The number of aromatic nitrogens is 2. The predicted octanol–water partition coefficient (Wildman–Crippen LogP) is 1.01. The molecule has 2 rings (SSSR count). The molecule has 0 bridgehead atoms. The van der Waals surface area contributed by atoms with Crippen molar-refractivity contribution in [3.63, 3.8) is 0 Å². The molecule has 0 aromatic carbocycles. The van der Waals surface area contributed by atoms with Crippen LogP contribution in [0.2, 0.25) is 0 Å². The first-order valence-electron chi connectivity index (χ1n) is 4.82. The van der Waals surface area contributed by atoms with Crippen molar-refractivity contribution in [2.75, 3.05) is 7.11 Å². The Bertz CT molecular complexity index is 357. The zero-order valence-corrected chi connectivity index (χ0v) is 8.49. The van der Waals surface area contributed by atoms with E-state index in [9.17, 15) is 4.79 Å². The second-order valence-electron chi connectivity index (χ2n) is 3.64. The summed E-state index contributed by atoms with van der Waals surface area (Å²) in [6.45, 7) is 0. The lowest BCUT2D eigenvalue weighted by atomic mass is 9.87. The van der Waals surface area contributed by atoms with Crippen molar-refractivity contribution in [2.24, 2.45) is 7.05 Å². The summed E-state index contributed by atoms with van der Waals surface area (Å²) in [5, 5.41) is 4.17. The molecule has 0 fully saturated rings. The van der Waals surface area contributed by atoms with E-state index in [1.54, 1.807) is 6.20 Å². The maximum atomic E-state index is 11.5. The standard InChI is InChI=1S/C10H14N2O2/c1-12-9-5-3-4-7(10(13)14-2)8(9)6-11-12/h6-7H,3-5H2,1-2H3/t7-/m1/s1. The highest BCUT2D eigenvalue weighted by molar-refractivity contribution is 5.78. The number of fused-ring (bicyclic) bond motifs is 1. The van der Waals surface area contributed by atoms with E-state index in [0.717, 1.165) is 24.8 Å². The maximum absolute atomic E-state index is 11.5. The van der Waals surface area contributed by atoms with Gasteiger partial charge >= 0.3 is 5.97 Å².